The van der Waals surface area contributed by atoms with Gasteiger partial charge in [-0.25, -0.2) is 17.9 Å². The second-order valence-corrected chi connectivity index (χ2v) is 5.38. The molecule has 0 amide bonds. The number of hydrogen-bond donors (Lipinski definition) is 2. The molecule has 0 aliphatic heterocycles. The standard InChI is InChI=1S/C11H16N2O4S/c1-3-6-13-18(15,16)10-7-8(12)4-5-9(10)11(14)17-2/h4-5,7,13H,3,6,12H2,1-2H3. The predicted octanol–water partition coefficient (Wildman–Crippen LogP) is 0.744. The van der Waals surface area contributed by atoms with Gasteiger partial charge in [-0.05, 0) is 24.6 Å². The molecule has 100 valence electrons. The fourth-order valence-corrected chi connectivity index (χ4v) is 2.71. The highest BCUT2D eigenvalue weighted by Crippen LogP contribution is 2.19. The molecule has 3 N–H and O–H groups in total. The summed E-state index contributed by atoms with van der Waals surface area (Å²) in [5.41, 5.74) is 5.78. The average Bonchev–Trinajstić information content (AvgIpc) is 2.35. The van der Waals surface area contributed by atoms with Crippen LogP contribution in [0.3, 0.4) is 0 Å². The summed E-state index contributed by atoms with van der Waals surface area (Å²) in [5.74, 6) is -0.716. The van der Waals surface area contributed by atoms with Crippen LogP contribution in [0.2, 0.25) is 0 Å². The lowest BCUT2D eigenvalue weighted by Crippen LogP contribution is -2.26. The number of rotatable bonds is 5. The predicted molar refractivity (Wildman–Crippen MR) is 67.7 cm³/mol. The van der Waals surface area contributed by atoms with Crippen LogP contribution in [-0.4, -0.2) is 28.0 Å². The van der Waals surface area contributed by atoms with E-state index in [9.17, 15) is 13.2 Å². The monoisotopic (exact) mass is 272 g/mol. The van der Waals surface area contributed by atoms with Crippen LogP contribution in [0.25, 0.3) is 0 Å². The molecule has 1 aromatic rings. The van der Waals surface area contributed by atoms with Crippen LogP contribution in [-0.2, 0) is 14.8 Å². The summed E-state index contributed by atoms with van der Waals surface area (Å²) >= 11 is 0. The lowest BCUT2D eigenvalue weighted by molar-refractivity contribution is 0.0596. The lowest BCUT2D eigenvalue weighted by atomic mass is 10.2. The van der Waals surface area contributed by atoms with Crippen molar-refractivity contribution in [2.24, 2.45) is 0 Å². The second-order valence-electron chi connectivity index (χ2n) is 3.64. The van der Waals surface area contributed by atoms with Crippen molar-refractivity contribution < 1.29 is 17.9 Å². The first kappa shape index (κ1) is 14.5. The van der Waals surface area contributed by atoms with E-state index < -0.39 is 16.0 Å². The Labute approximate surface area is 106 Å². The minimum absolute atomic E-state index is 0.0321. The minimum atomic E-state index is -3.76. The Morgan fingerprint density at radius 2 is 2.11 bits per heavy atom. The largest absolute Gasteiger partial charge is 0.465 e. The zero-order valence-electron chi connectivity index (χ0n) is 10.3. The molecule has 0 aliphatic rings. The number of nitrogens with two attached hydrogens (primary N) is 1. The minimum Gasteiger partial charge on any atom is -0.465 e. The van der Waals surface area contributed by atoms with Crippen LogP contribution >= 0.6 is 0 Å². The quantitative estimate of drug-likeness (QED) is 0.608. The molecule has 18 heavy (non-hydrogen) atoms. The molecule has 1 aromatic carbocycles. The first-order valence-electron chi connectivity index (χ1n) is 5.40. The van der Waals surface area contributed by atoms with Crippen molar-refractivity contribution in [3.8, 4) is 0 Å². The molecule has 0 radical (unpaired) electrons. The van der Waals surface area contributed by atoms with Gasteiger partial charge in [0.05, 0.1) is 17.6 Å². The van der Waals surface area contributed by atoms with Gasteiger partial charge >= 0.3 is 5.97 Å². The number of methoxy groups -OCH3 is 1. The Kier molecular flexibility index (Phi) is 4.69. The molecule has 6 nitrogen and oxygen atoms in total. The van der Waals surface area contributed by atoms with Gasteiger partial charge in [0.2, 0.25) is 10.0 Å². The van der Waals surface area contributed by atoms with Crippen molar-refractivity contribution in [3.63, 3.8) is 0 Å². The number of carbonyl (C=O) groups excluding carboxylic acids is 1. The smallest absolute Gasteiger partial charge is 0.339 e. The van der Waals surface area contributed by atoms with Crippen LogP contribution in [0.5, 0.6) is 0 Å². The average molecular weight is 272 g/mol. The third-order valence-electron chi connectivity index (χ3n) is 2.24. The summed E-state index contributed by atoms with van der Waals surface area (Å²) in [7, 11) is -2.57. The Bertz CT molecular complexity index is 540. The fourth-order valence-electron chi connectivity index (χ4n) is 1.35. The third kappa shape index (κ3) is 3.21. The Morgan fingerprint density at radius 1 is 1.44 bits per heavy atom. The number of carbonyl (C=O) groups is 1. The summed E-state index contributed by atoms with van der Waals surface area (Å²) in [6.45, 7) is 2.13. The SMILES string of the molecule is CCCNS(=O)(=O)c1cc(N)ccc1C(=O)OC. The molecular formula is C11H16N2O4S. The highest BCUT2D eigenvalue weighted by atomic mass is 32.2. The molecule has 0 heterocycles. The number of hydrogen-bond acceptors (Lipinski definition) is 5. The van der Waals surface area contributed by atoms with E-state index in [-0.39, 0.29) is 22.7 Å². The van der Waals surface area contributed by atoms with Crippen LogP contribution in [0.4, 0.5) is 5.69 Å². The van der Waals surface area contributed by atoms with Crippen LogP contribution in [0.1, 0.15) is 23.7 Å². The van der Waals surface area contributed by atoms with Crippen LogP contribution < -0.4 is 10.5 Å². The van der Waals surface area contributed by atoms with Crippen molar-refractivity contribution in [1.29, 1.82) is 0 Å². The van der Waals surface area contributed by atoms with Gasteiger partial charge in [-0.2, -0.15) is 0 Å². The van der Waals surface area contributed by atoms with E-state index in [0.29, 0.717) is 6.42 Å². The summed E-state index contributed by atoms with van der Waals surface area (Å²) < 4.78 is 30.9. The van der Waals surface area contributed by atoms with Crippen LogP contribution in [0.15, 0.2) is 23.1 Å². The van der Waals surface area contributed by atoms with E-state index in [1.807, 2.05) is 6.92 Å². The molecule has 0 bridgehead atoms. The second kappa shape index (κ2) is 5.83. The summed E-state index contributed by atoms with van der Waals surface area (Å²) in [4.78, 5) is 11.3. The van der Waals surface area contributed by atoms with E-state index in [0.717, 1.165) is 0 Å². The molecule has 7 heteroatoms. The van der Waals surface area contributed by atoms with Gasteiger partial charge in [0.25, 0.3) is 0 Å². The highest BCUT2D eigenvalue weighted by Gasteiger charge is 2.22. The van der Waals surface area contributed by atoms with E-state index in [2.05, 4.69) is 9.46 Å². The van der Waals surface area contributed by atoms with E-state index in [1.54, 1.807) is 0 Å². The summed E-state index contributed by atoms with van der Waals surface area (Å²) in [6.07, 6.45) is 0.648. The maximum atomic E-state index is 12.0. The lowest BCUT2D eigenvalue weighted by Gasteiger charge is -2.10. The number of anilines is 1. The number of benzene rings is 1. The van der Waals surface area contributed by atoms with E-state index >= 15 is 0 Å². The van der Waals surface area contributed by atoms with E-state index in [4.69, 9.17) is 5.73 Å². The van der Waals surface area contributed by atoms with Gasteiger partial charge < -0.3 is 10.5 Å². The molecule has 0 fully saturated rings. The van der Waals surface area contributed by atoms with E-state index in [1.165, 1.54) is 25.3 Å². The van der Waals surface area contributed by atoms with Gasteiger partial charge in [0, 0.05) is 12.2 Å². The van der Waals surface area contributed by atoms with Gasteiger partial charge in [-0.3, -0.25) is 0 Å². The summed E-state index contributed by atoms with van der Waals surface area (Å²) in [6, 6.07) is 4.02. The fraction of sp³-hybridized carbons (Fsp3) is 0.364. The zero-order valence-corrected chi connectivity index (χ0v) is 11.1. The zero-order chi connectivity index (χ0) is 13.8. The molecule has 0 unspecified atom stereocenters. The number of sulfonamides is 1. The number of nitrogen functional groups attached to an aromatic ring is 1. The molecule has 0 saturated heterocycles. The Hall–Kier alpha value is -1.60. The van der Waals surface area contributed by atoms with Gasteiger partial charge in [-0.1, -0.05) is 6.92 Å². The van der Waals surface area contributed by atoms with Crippen LogP contribution in [0, 0.1) is 0 Å². The Balaban J connectivity index is 3.29. The normalized spacial score (nSPS) is 11.2. The first-order chi connectivity index (χ1) is 8.42. The maximum Gasteiger partial charge on any atom is 0.339 e. The molecule has 1 rings (SSSR count). The maximum absolute atomic E-state index is 12.0. The molecule has 0 aliphatic carbocycles. The van der Waals surface area contributed by atoms with Gasteiger partial charge in [-0.15, -0.1) is 0 Å². The molecular weight excluding hydrogens is 256 g/mol. The van der Waals surface area contributed by atoms with Crippen molar-refractivity contribution in [2.45, 2.75) is 18.2 Å². The first-order valence-corrected chi connectivity index (χ1v) is 6.88. The molecule has 0 spiro atoms. The molecule has 0 atom stereocenters. The topological polar surface area (TPSA) is 98.5 Å². The number of ether oxygens (including phenoxy) is 1. The number of nitrogens with one attached hydrogen (secondary N) is 1. The molecule has 0 aromatic heterocycles. The molecule has 0 saturated carbocycles. The summed E-state index contributed by atoms with van der Waals surface area (Å²) in [5, 5.41) is 0. The van der Waals surface area contributed by atoms with Crippen molar-refractivity contribution in [1.82, 2.24) is 4.72 Å². The van der Waals surface area contributed by atoms with Gasteiger partial charge in [0.15, 0.2) is 0 Å². The Morgan fingerprint density at radius 3 is 2.67 bits per heavy atom. The highest BCUT2D eigenvalue weighted by molar-refractivity contribution is 7.89. The van der Waals surface area contributed by atoms with Crippen molar-refractivity contribution >= 4 is 21.7 Å². The number of esters is 1. The van der Waals surface area contributed by atoms with Gasteiger partial charge in [0.1, 0.15) is 0 Å². The third-order valence-corrected chi connectivity index (χ3v) is 3.74. The van der Waals surface area contributed by atoms with Crippen molar-refractivity contribution in [3.05, 3.63) is 23.8 Å². The van der Waals surface area contributed by atoms with Crippen molar-refractivity contribution in [2.75, 3.05) is 19.4 Å².